The summed E-state index contributed by atoms with van der Waals surface area (Å²) >= 11 is 0. The smallest absolute Gasteiger partial charge is 0.120 e. The number of hydrogen-bond acceptors (Lipinski definition) is 2. The van der Waals surface area contributed by atoms with Crippen LogP contribution in [0, 0.1) is 0 Å². The lowest BCUT2D eigenvalue weighted by molar-refractivity contribution is 0.414. The molecule has 0 radical (unpaired) electrons. The number of nitrogens with zero attached hydrogens (tertiary/aromatic N) is 2. The number of rotatable bonds is 6. The monoisotopic (exact) mass is 474 g/mol. The van der Waals surface area contributed by atoms with Crippen LogP contribution >= 0.6 is 0 Å². The topological polar surface area (TPSA) is 28.3 Å². The molecule has 0 aliphatic carbocycles. The van der Waals surface area contributed by atoms with E-state index < -0.39 is 0 Å². The predicted molar refractivity (Wildman–Crippen MR) is 149 cm³/mol. The summed E-state index contributed by atoms with van der Waals surface area (Å²) in [5.41, 5.74) is 8.60. The molecule has 0 saturated heterocycles. The molecule has 0 N–H and O–H groups in total. The van der Waals surface area contributed by atoms with Crippen LogP contribution in [0.3, 0.4) is 0 Å². The van der Waals surface area contributed by atoms with E-state index in [2.05, 4.69) is 95.8 Å². The number of aryl methyl sites for hydroxylation is 1. The van der Waals surface area contributed by atoms with Crippen LogP contribution in [0.1, 0.15) is 25.1 Å². The number of fused-ring (bicyclic) bond motifs is 5. The Morgan fingerprint density at radius 2 is 1.28 bits per heavy atom. The van der Waals surface area contributed by atoms with Crippen LogP contribution < -0.4 is 9.47 Å². The van der Waals surface area contributed by atoms with E-state index in [1.165, 1.54) is 44.0 Å². The molecule has 0 fully saturated rings. The lowest BCUT2D eigenvalue weighted by Gasteiger charge is -2.13. The maximum atomic E-state index is 5.61. The van der Waals surface area contributed by atoms with Crippen molar-refractivity contribution in [3.63, 3.8) is 0 Å². The van der Waals surface area contributed by atoms with Crippen molar-refractivity contribution in [2.24, 2.45) is 0 Å². The zero-order valence-electron chi connectivity index (χ0n) is 21.2. The van der Waals surface area contributed by atoms with Gasteiger partial charge in [0.25, 0.3) is 0 Å². The third-order valence-corrected chi connectivity index (χ3v) is 7.29. The van der Waals surface area contributed by atoms with E-state index in [1.807, 2.05) is 12.1 Å². The van der Waals surface area contributed by atoms with Crippen LogP contribution in [0.25, 0.3) is 44.1 Å². The molecule has 6 aromatic rings. The van der Waals surface area contributed by atoms with Gasteiger partial charge in [0, 0.05) is 45.4 Å². The molecule has 36 heavy (non-hydrogen) atoms. The highest BCUT2D eigenvalue weighted by molar-refractivity contribution is 6.21. The Morgan fingerprint density at radius 3 is 1.92 bits per heavy atom. The van der Waals surface area contributed by atoms with Gasteiger partial charge in [0.05, 0.1) is 30.8 Å². The highest BCUT2D eigenvalue weighted by Crippen LogP contribution is 2.41. The van der Waals surface area contributed by atoms with Crippen LogP contribution in [0.5, 0.6) is 11.5 Å². The first-order valence-corrected chi connectivity index (χ1v) is 12.6. The maximum absolute atomic E-state index is 5.61. The summed E-state index contributed by atoms with van der Waals surface area (Å²) in [7, 11) is 3.44. The van der Waals surface area contributed by atoms with Crippen LogP contribution in [-0.2, 0) is 12.8 Å². The first-order chi connectivity index (χ1) is 17.7. The molecule has 0 saturated carbocycles. The molecular formula is C32H30N2O2. The Kier molecular flexibility index (Phi) is 5.45. The summed E-state index contributed by atoms with van der Waals surface area (Å²) in [4.78, 5) is 0. The molecule has 4 heteroatoms. The molecule has 0 bridgehead atoms. The summed E-state index contributed by atoms with van der Waals surface area (Å²) in [6, 6.07) is 30.0. The van der Waals surface area contributed by atoms with Gasteiger partial charge >= 0.3 is 0 Å². The molecule has 0 spiro atoms. The van der Waals surface area contributed by atoms with Gasteiger partial charge in [-0.05, 0) is 54.8 Å². The normalized spacial score (nSPS) is 11.6. The fourth-order valence-electron chi connectivity index (χ4n) is 5.77. The van der Waals surface area contributed by atoms with Crippen LogP contribution in [0.2, 0.25) is 0 Å². The van der Waals surface area contributed by atoms with Gasteiger partial charge in [-0.15, -0.1) is 0 Å². The summed E-state index contributed by atoms with van der Waals surface area (Å²) in [5, 5.41) is 3.83. The molecule has 0 unspecified atom stereocenters. The highest BCUT2D eigenvalue weighted by atomic mass is 16.5. The minimum absolute atomic E-state index is 0.848. The fourth-order valence-corrected chi connectivity index (χ4v) is 5.77. The van der Waals surface area contributed by atoms with Gasteiger partial charge in [0.2, 0.25) is 0 Å². The second-order valence-corrected chi connectivity index (χ2v) is 9.08. The molecular weight excluding hydrogens is 444 g/mol. The molecule has 2 heterocycles. The van der Waals surface area contributed by atoms with Crippen LogP contribution in [0.15, 0.2) is 84.9 Å². The zero-order valence-corrected chi connectivity index (χ0v) is 21.2. The second-order valence-electron chi connectivity index (χ2n) is 9.08. The van der Waals surface area contributed by atoms with Crippen molar-refractivity contribution in [1.29, 1.82) is 0 Å². The number of ether oxygens (including phenoxy) is 2. The Labute approximate surface area is 211 Å². The molecule has 2 aromatic heterocycles. The third kappa shape index (κ3) is 3.21. The van der Waals surface area contributed by atoms with Gasteiger partial charge in [-0.2, -0.15) is 0 Å². The van der Waals surface area contributed by atoms with E-state index in [0.717, 1.165) is 35.7 Å². The van der Waals surface area contributed by atoms with Gasteiger partial charge in [-0.3, -0.25) is 0 Å². The lowest BCUT2D eigenvalue weighted by Crippen LogP contribution is -2.01. The van der Waals surface area contributed by atoms with Crippen LogP contribution in [0.4, 0.5) is 0 Å². The first kappa shape index (κ1) is 22.3. The van der Waals surface area contributed by atoms with Crippen LogP contribution in [-0.4, -0.2) is 23.4 Å². The number of benzene rings is 4. The SMILES string of the molecule is CCc1c(CC)n(-c2cccc(OC)c2)c2c1ccc1c2c2ccccc2n1-c1cccc(OC)c1. The molecule has 6 rings (SSSR count). The quantitative estimate of drug-likeness (QED) is 0.246. The summed E-state index contributed by atoms with van der Waals surface area (Å²) in [5.74, 6) is 1.71. The minimum atomic E-state index is 0.848. The highest BCUT2D eigenvalue weighted by Gasteiger charge is 2.22. The average Bonchev–Trinajstić information content (AvgIpc) is 3.45. The fraction of sp³-hybridized carbons (Fsp3) is 0.188. The Morgan fingerprint density at radius 1 is 0.611 bits per heavy atom. The summed E-state index contributed by atoms with van der Waals surface area (Å²) < 4.78 is 16.0. The van der Waals surface area contributed by atoms with E-state index in [9.17, 15) is 0 Å². The predicted octanol–water partition coefficient (Wildman–Crippen LogP) is 7.87. The first-order valence-electron chi connectivity index (χ1n) is 12.6. The molecule has 0 amide bonds. The van der Waals surface area contributed by atoms with Crippen molar-refractivity contribution in [1.82, 2.24) is 9.13 Å². The van der Waals surface area contributed by atoms with Crippen molar-refractivity contribution in [2.45, 2.75) is 26.7 Å². The van der Waals surface area contributed by atoms with Gasteiger partial charge in [0.15, 0.2) is 0 Å². The maximum Gasteiger partial charge on any atom is 0.120 e. The molecule has 0 atom stereocenters. The molecule has 0 aliphatic rings. The number of methoxy groups -OCH3 is 2. The number of para-hydroxylation sites is 1. The Hall–Kier alpha value is -4.18. The minimum Gasteiger partial charge on any atom is -0.497 e. The van der Waals surface area contributed by atoms with E-state index >= 15 is 0 Å². The summed E-state index contributed by atoms with van der Waals surface area (Å²) in [6.07, 6.45) is 1.93. The third-order valence-electron chi connectivity index (χ3n) is 7.29. The van der Waals surface area contributed by atoms with Gasteiger partial charge in [-0.25, -0.2) is 0 Å². The summed E-state index contributed by atoms with van der Waals surface area (Å²) in [6.45, 7) is 4.51. The van der Waals surface area contributed by atoms with Crippen molar-refractivity contribution in [3.8, 4) is 22.9 Å². The van der Waals surface area contributed by atoms with Crippen molar-refractivity contribution in [3.05, 3.63) is 96.2 Å². The van der Waals surface area contributed by atoms with E-state index in [4.69, 9.17) is 9.47 Å². The second kappa shape index (κ2) is 8.80. The standard InChI is InChI=1S/C32H30N2O2/c1-5-25-26-17-18-30-31(32(26)34(28(25)6-2)22-12-10-14-24(20-22)36-4)27-15-7-8-16-29(27)33(30)21-11-9-13-23(19-21)35-3/h7-20H,5-6H2,1-4H3. The zero-order chi connectivity index (χ0) is 24.8. The van der Waals surface area contributed by atoms with E-state index in [0.29, 0.717) is 0 Å². The molecule has 4 aromatic carbocycles. The van der Waals surface area contributed by atoms with Crippen molar-refractivity contribution < 1.29 is 9.47 Å². The molecule has 0 aliphatic heterocycles. The van der Waals surface area contributed by atoms with E-state index in [1.54, 1.807) is 14.2 Å². The Bertz CT molecular complexity index is 1740. The lowest BCUT2D eigenvalue weighted by atomic mass is 10.0. The molecule has 180 valence electrons. The average molecular weight is 475 g/mol. The number of aromatic nitrogens is 2. The molecule has 4 nitrogen and oxygen atoms in total. The Balaban J connectivity index is 1.82. The van der Waals surface area contributed by atoms with Gasteiger partial charge in [0.1, 0.15) is 11.5 Å². The van der Waals surface area contributed by atoms with Crippen molar-refractivity contribution >= 4 is 32.7 Å². The number of hydrogen-bond donors (Lipinski definition) is 0. The van der Waals surface area contributed by atoms with Gasteiger partial charge in [-0.1, -0.05) is 50.2 Å². The van der Waals surface area contributed by atoms with Crippen molar-refractivity contribution in [2.75, 3.05) is 14.2 Å². The van der Waals surface area contributed by atoms with Gasteiger partial charge < -0.3 is 18.6 Å². The van der Waals surface area contributed by atoms with E-state index in [-0.39, 0.29) is 0 Å². The largest absolute Gasteiger partial charge is 0.497 e.